The molecule has 3 heterocycles. The largest absolute Gasteiger partial charge is 0.446 e. The van der Waals surface area contributed by atoms with Crippen LogP contribution in [0.3, 0.4) is 0 Å². The van der Waals surface area contributed by atoms with E-state index >= 15 is 0 Å². The Morgan fingerprint density at radius 1 is 1.14 bits per heavy atom. The van der Waals surface area contributed by atoms with Gasteiger partial charge in [0.15, 0.2) is 11.4 Å². The van der Waals surface area contributed by atoms with Crippen LogP contribution in [0.25, 0.3) is 0 Å². The van der Waals surface area contributed by atoms with Gasteiger partial charge in [0.1, 0.15) is 17.3 Å². The van der Waals surface area contributed by atoms with Gasteiger partial charge in [-0.2, -0.15) is 0 Å². The van der Waals surface area contributed by atoms with Gasteiger partial charge in [-0.05, 0) is 68.0 Å². The molecule has 0 aromatic rings. The third-order valence-electron chi connectivity index (χ3n) is 11.6. The third kappa shape index (κ3) is 2.06. The van der Waals surface area contributed by atoms with Gasteiger partial charge in [-0.25, -0.2) is 0 Å². The van der Waals surface area contributed by atoms with E-state index in [2.05, 4.69) is 11.9 Å². The molecule has 3 aliphatic heterocycles. The number of ketones is 2. The number of hydrogen-bond acceptors (Lipinski definition) is 8. The number of carbonyl (C=O) groups is 3. The van der Waals surface area contributed by atoms with Crippen molar-refractivity contribution in [2.75, 3.05) is 19.7 Å². The van der Waals surface area contributed by atoms with E-state index < -0.39 is 63.2 Å². The van der Waals surface area contributed by atoms with Gasteiger partial charge in [0.05, 0.1) is 17.9 Å². The Morgan fingerprint density at radius 2 is 1.86 bits per heavy atom. The van der Waals surface area contributed by atoms with Gasteiger partial charge in [-0.15, -0.1) is 0 Å². The van der Waals surface area contributed by atoms with Gasteiger partial charge >= 0.3 is 5.97 Å². The van der Waals surface area contributed by atoms with E-state index in [1.807, 2.05) is 13.8 Å². The molecule has 8 fully saturated rings. The van der Waals surface area contributed by atoms with Crippen molar-refractivity contribution in [1.29, 1.82) is 0 Å². The molecule has 0 aromatic carbocycles. The van der Waals surface area contributed by atoms with Crippen molar-refractivity contribution >= 4 is 17.5 Å². The average molecular weight is 486 g/mol. The minimum absolute atomic E-state index is 0.0212. The summed E-state index contributed by atoms with van der Waals surface area (Å²) in [4.78, 5) is 41.3. The van der Waals surface area contributed by atoms with Crippen LogP contribution in [-0.4, -0.2) is 64.9 Å². The minimum atomic E-state index is -2.11. The first-order valence-corrected chi connectivity index (χ1v) is 13.3. The molecule has 9 atom stereocenters. The van der Waals surface area contributed by atoms with Gasteiger partial charge in [0.25, 0.3) is 0 Å². The molecule has 0 radical (unpaired) electrons. The van der Waals surface area contributed by atoms with E-state index in [1.54, 1.807) is 0 Å². The molecule has 190 valence electrons. The van der Waals surface area contributed by atoms with E-state index in [1.165, 1.54) is 0 Å². The van der Waals surface area contributed by atoms with Crippen molar-refractivity contribution in [2.24, 2.45) is 45.8 Å². The monoisotopic (exact) mass is 485 g/mol. The molecule has 9 unspecified atom stereocenters. The average Bonchev–Trinajstić information content (AvgIpc) is 2.85. The molecule has 35 heavy (non-hydrogen) atoms. The van der Waals surface area contributed by atoms with E-state index in [-0.39, 0.29) is 24.2 Å². The fourth-order valence-corrected chi connectivity index (χ4v) is 10.2. The number of carbonyl (C=O) groups excluding carboxylic acids is 3. The van der Waals surface area contributed by atoms with Crippen molar-refractivity contribution in [3.63, 3.8) is 0 Å². The van der Waals surface area contributed by atoms with Gasteiger partial charge < -0.3 is 25.0 Å². The summed E-state index contributed by atoms with van der Waals surface area (Å²) in [5, 5.41) is 27.1. The van der Waals surface area contributed by atoms with Crippen molar-refractivity contribution in [2.45, 2.75) is 69.9 Å². The van der Waals surface area contributed by atoms with Gasteiger partial charge in [0.2, 0.25) is 5.79 Å². The summed E-state index contributed by atoms with van der Waals surface area (Å²) >= 11 is 0. The molecule has 2 spiro atoms. The second kappa shape index (κ2) is 6.44. The summed E-state index contributed by atoms with van der Waals surface area (Å²) in [5.74, 6) is -4.73. The van der Waals surface area contributed by atoms with Crippen molar-refractivity contribution < 1.29 is 34.1 Å². The predicted octanol–water partition coefficient (Wildman–Crippen LogP) is 1.13. The fourth-order valence-electron chi connectivity index (χ4n) is 10.2. The van der Waals surface area contributed by atoms with Crippen molar-refractivity contribution in [1.82, 2.24) is 5.32 Å². The highest BCUT2D eigenvalue weighted by Crippen LogP contribution is 2.85. The molecule has 8 heteroatoms. The highest BCUT2D eigenvalue weighted by atomic mass is 16.6. The third-order valence-corrected chi connectivity index (χ3v) is 11.6. The number of fused-ring (bicyclic) bond motifs is 1. The number of ether oxygens (including phenoxy) is 2. The Kier molecular flexibility index (Phi) is 4.15. The zero-order chi connectivity index (χ0) is 24.8. The molecule has 3 N–H and O–H groups in total. The van der Waals surface area contributed by atoms with Crippen LogP contribution < -0.4 is 5.32 Å². The Balaban J connectivity index is 1.34. The molecule has 8 rings (SSSR count). The lowest BCUT2D eigenvalue weighted by Crippen LogP contribution is -2.97. The molecular weight excluding hydrogens is 450 g/mol. The highest BCUT2D eigenvalue weighted by molar-refractivity contribution is 6.10. The molecule has 8 aliphatic rings. The Morgan fingerprint density at radius 3 is 2.57 bits per heavy atom. The normalized spacial score (nSPS) is 53.6. The molecule has 5 saturated carbocycles. The number of nitrogens with one attached hydrogen (secondary N) is 1. The van der Waals surface area contributed by atoms with Crippen LogP contribution in [-0.2, 0) is 23.9 Å². The maximum atomic E-state index is 14.4. The molecule has 0 amide bonds. The lowest BCUT2D eigenvalue weighted by Gasteiger charge is -2.84. The zero-order valence-corrected chi connectivity index (χ0v) is 20.5. The Hall–Kier alpha value is -1.61. The summed E-state index contributed by atoms with van der Waals surface area (Å²) < 4.78 is 12.1. The van der Waals surface area contributed by atoms with E-state index in [4.69, 9.17) is 9.47 Å². The van der Waals surface area contributed by atoms with Gasteiger partial charge in [-0.1, -0.05) is 20.4 Å². The van der Waals surface area contributed by atoms with E-state index in [9.17, 15) is 24.6 Å². The minimum Gasteiger partial charge on any atom is -0.446 e. The van der Waals surface area contributed by atoms with Crippen LogP contribution in [0, 0.1) is 45.8 Å². The molecule has 3 saturated heterocycles. The van der Waals surface area contributed by atoms with Crippen LogP contribution in [0.1, 0.15) is 52.4 Å². The second-order valence-corrected chi connectivity index (χ2v) is 13.0. The maximum absolute atomic E-state index is 14.4. The lowest BCUT2D eigenvalue weighted by atomic mass is 9.21. The molecule has 8 nitrogen and oxygen atoms in total. The van der Waals surface area contributed by atoms with Gasteiger partial charge in [0, 0.05) is 18.3 Å². The van der Waals surface area contributed by atoms with Crippen molar-refractivity contribution in [3.05, 3.63) is 12.2 Å². The maximum Gasteiger partial charge on any atom is 0.310 e. The number of Topliss-reactive ketones (excluding diaryl/α,β-unsaturated/α-hetero) is 2. The standard InChI is InChI=1S/C27H35NO7/c1-13-15-4-5-16-24-12-34-27(33,20(30)19(24)23(2,3)9-6-17(24)29)25(16)18(15)26(13,22(25)32)35-21(31)14-7-10-28-11-8-14/h14-16,18-20,28,30,33H,1,4-12H2,2-3H3. The second-order valence-electron chi connectivity index (χ2n) is 13.0. The van der Waals surface area contributed by atoms with Crippen molar-refractivity contribution in [3.8, 4) is 0 Å². The summed E-state index contributed by atoms with van der Waals surface area (Å²) in [6.45, 7) is 9.72. The number of aliphatic hydroxyl groups excluding tert-OH is 1. The van der Waals surface area contributed by atoms with E-state index in [0.717, 1.165) is 19.5 Å². The lowest BCUT2D eigenvalue weighted by molar-refractivity contribution is -0.465. The van der Waals surface area contributed by atoms with Crippen LogP contribution in [0.2, 0.25) is 0 Å². The molecule has 5 aliphatic carbocycles. The predicted molar refractivity (Wildman–Crippen MR) is 122 cm³/mol. The highest BCUT2D eigenvalue weighted by Gasteiger charge is 2.97. The SMILES string of the molecule is C=C1C2CCC3C45COC(O)(C(O)C4C(C)(C)CCC5=O)C34C(=O)C1(OC(=O)C1CCNCC1)C24. The van der Waals surface area contributed by atoms with Crippen LogP contribution in [0.15, 0.2) is 12.2 Å². The first-order valence-electron chi connectivity index (χ1n) is 13.3. The fraction of sp³-hybridized carbons (Fsp3) is 0.815. The zero-order valence-electron chi connectivity index (χ0n) is 20.5. The van der Waals surface area contributed by atoms with Crippen LogP contribution >= 0.6 is 0 Å². The number of esters is 1. The van der Waals surface area contributed by atoms with Crippen LogP contribution in [0.5, 0.6) is 0 Å². The number of aliphatic hydroxyl groups is 2. The van der Waals surface area contributed by atoms with E-state index in [0.29, 0.717) is 37.7 Å². The number of rotatable bonds is 2. The molecular formula is C27H35NO7. The Labute approximate surface area is 204 Å². The molecule has 2 bridgehead atoms. The summed E-state index contributed by atoms with van der Waals surface area (Å²) in [7, 11) is 0. The molecule has 0 aromatic heterocycles. The summed E-state index contributed by atoms with van der Waals surface area (Å²) in [6.07, 6.45) is 2.23. The summed E-state index contributed by atoms with van der Waals surface area (Å²) in [6, 6.07) is 0. The smallest absolute Gasteiger partial charge is 0.310 e. The first kappa shape index (κ1) is 22.6. The summed E-state index contributed by atoms with van der Waals surface area (Å²) in [5.41, 5.74) is -3.74. The number of hydrogen-bond donors (Lipinski definition) is 3. The van der Waals surface area contributed by atoms with Gasteiger partial charge in [-0.3, -0.25) is 14.4 Å². The van der Waals surface area contributed by atoms with Crippen LogP contribution in [0.4, 0.5) is 0 Å². The quantitative estimate of drug-likeness (QED) is 0.393. The number of piperidine rings is 1. The topological polar surface area (TPSA) is 122 Å². The Bertz CT molecular complexity index is 1080. The first-order chi connectivity index (χ1) is 16.5.